The number of amides is 1. The maximum absolute atomic E-state index is 13.4. The van der Waals surface area contributed by atoms with Crippen LogP contribution in [0.25, 0.3) is 0 Å². The van der Waals surface area contributed by atoms with Gasteiger partial charge in [-0.3, -0.25) is 4.79 Å². The van der Waals surface area contributed by atoms with E-state index in [0.717, 1.165) is 11.1 Å². The van der Waals surface area contributed by atoms with Gasteiger partial charge in [0, 0.05) is 13.0 Å². The maximum Gasteiger partial charge on any atom is 0.220 e. The molecule has 0 bridgehead atoms. The van der Waals surface area contributed by atoms with Crippen molar-refractivity contribution in [1.29, 1.82) is 0 Å². The van der Waals surface area contributed by atoms with E-state index in [1.54, 1.807) is 18.2 Å². The summed E-state index contributed by atoms with van der Waals surface area (Å²) in [4.78, 5) is 14.0. The van der Waals surface area contributed by atoms with E-state index in [-0.39, 0.29) is 23.6 Å². The number of halogens is 2. The molecular weight excluding hydrogens is 310 g/mol. The Morgan fingerprint density at radius 2 is 1.79 bits per heavy atom. The highest BCUT2D eigenvalue weighted by molar-refractivity contribution is 5.76. The van der Waals surface area contributed by atoms with E-state index in [9.17, 15) is 13.6 Å². The molecule has 1 amide bonds. The Hall–Kier alpha value is -2.27. The molecular formula is C19H22F2N2O. The number of likely N-dealkylation sites (N-methyl/N-ethyl adjacent to an activating group) is 1. The standard InChI is InChI=1S/C19H22F2N2O/c1-23(2)18(15-4-3-5-17(21)12-15)13-22-19(24)11-8-14-6-9-16(20)10-7-14/h3-7,9-10,12,18H,8,11,13H2,1-2H3,(H,22,24). The van der Waals surface area contributed by atoms with Crippen molar-refractivity contribution in [1.82, 2.24) is 10.2 Å². The highest BCUT2D eigenvalue weighted by atomic mass is 19.1. The first kappa shape index (κ1) is 18.1. The number of aryl methyl sites for hydroxylation is 1. The molecule has 0 aliphatic heterocycles. The Kier molecular flexibility index (Phi) is 6.44. The summed E-state index contributed by atoms with van der Waals surface area (Å²) in [5.74, 6) is -0.656. The lowest BCUT2D eigenvalue weighted by Crippen LogP contribution is -2.34. The Balaban J connectivity index is 1.87. The largest absolute Gasteiger partial charge is 0.354 e. The Labute approximate surface area is 141 Å². The lowest BCUT2D eigenvalue weighted by molar-refractivity contribution is -0.121. The molecule has 1 atom stereocenters. The van der Waals surface area contributed by atoms with Crippen molar-refractivity contribution in [3.63, 3.8) is 0 Å². The van der Waals surface area contributed by atoms with Crippen molar-refractivity contribution in [2.45, 2.75) is 18.9 Å². The zero-order chi connectivity index (χ0) is 17.5. The molecule has 0 radical (unpaired) electrons. The molecule has 1 unspecified atom stereocenters. The quantitative estimate of drug-likeness (QED) is 0.844. The fourth-order valence-corrected chi connectivity index (χ4v) is 2.52. The van der Waals surface area contributed by atoms with E-state index in [4.69, 9.17) is 0 Å². The molecule has 3 nitrogen and oxygen atoms in total. The lowest BCUT2D eigenvalue weighted by Gasteiger charge is -2.25. The Morgan fingerprint density at radius 1 is 1.08 bits per heavy atom. The molecule has 1 N–H and O–H groups in total. The van der Waals surface area contributed by atoms with Crippen LogP contribution >= 0.6 is 0 Å². The summed E-state index contributed by atoms with van der Waals surface area (Å²) in [6.07, 6.45) is 0.883. The molecule has 0 aromatic heterocycles. The number of rotatable bonds is 7. The predicted molar refractivity (Wildman–Crippen MR) is 90.6 cm³/mol. The van der Waals surface area contributed by atoms with Crippen LogP contribution in [-0.4, -0.2) is 31.4 Å². The molecule has 0 aliphatic rings. The molecule has 0 fully saturated rings. The van der Waals surface area contributed by atoms with Crippen LogP contribution in [0.2, 0.25) is 0 Å². The summed E-state index contributed by atoms with van der Waals surface area (Å²) < 4.78 is 26.2. The summed E-state index contributed by atoms with van der Waals surface area (Å²) in [5.41, 5.74) is 1.74. The van der Waals surface area contributed by atoms with Gasteiger partial charge < -0.3 is 10.2 Å². The number of carbonyl (C=O) groups is 1. The molecule has 0 aliphatic carbocycles. The topological polar surface area (TPSA) is 32.3 Å². The van der Waals surface area contributed by atoms with Crippen LogP contribution < -0.4 is 5.32 Å². The third-order valence-corrected chi connectivity index (χ3v) is 3.90. The SMILES string of the molecule is CN(C)C(CNC(=O)CCc1ccc(F)cc1)c1cccc(F)c1. The number of benzene rings is 2. The van der Waals surface area contributed by atoms with Gasteiger partial charge in [-0.2, -0.15) is 0 Å². The van der Waals surface area contributed by atoms with E-state index in [0.29, 0.717) is 19.4 Å². The highest BCUT2D eigenvalue weighted by Gasteiger charge is 2.15. The second-order valence-corrected chi connectivity index (χ2v) is 5.96. The average Bonchev–Trinajstić information content (AvgIpc) is 2.54. The number of hydrogen-bond donors (Lipinski definition) is 1. The van der Waals surface area contributed by atoms with Crippen molar-refractivity contribution in [2.75, 3.05) is 20.6 Å². The number of nitrogens with zero attached hydrogens (tertiary/aromatic N) is 1. The molecule has 0 heterocycles. The van der Waals surface area contributed by atoms with Gasteiger partial charge in [0.2, 0.25) is 5.91 Å². The third-order valence-electron chi connectivity index (χ3n) is 3.90. The monoisotopic (exact) mass is 332 g/mol. The second-order valence-electron chi connectivity index (χ2n) is 5.96. The van der Waals surface area contributed by atoms with Crippen LogP contribution in [0.5, 0.6) is 0 Å². The molecule has 2 rings (SSSR count). The van der Waals surface area contributed by atoms with Crippen molar-refractivity contribution in [3.05, 3.63) is 71.3 Å². The van der Waals surface area contributed by atoms with Crippen LogP contribution in [-0.2, 0) is 11.2 Å². The number of carbonyl (C=O) groups excluding carboxylic acids is 1. The van der Waals surface area contributed by atoms with Crippen molar-refractivity contribution >= 4 is 5.91 Å². The van der Waals surface area contributed by atoms with Crippen LogP contribution in [0.15, 0.2) is 48.5 Å². The van der Waals surface area contributed by atoms with E-state index in [1.165, 1.54) is 24.3 Å². The molecule has 2 aromatic rings. The fraction of sp³-hybridized carbons (Fsp3) is 0.316. The fourth-order valence-electron chi connectivity index (χ4n) is 2.52. The zero-order valence-electron chi connectivity index (χ0n) is 13.9. The van der Waals surface area contributed by atoms with Crippen LogP contribution in [0.1, 0.15) is 23.6 Å². The molecule has 0 spiro atoms. The first-order valence-corrected chi connectivity index (χ1v) is 7.89. The molecule has 24 heavy (non-hydrogen) atoms. The van der Waals surface area contributed by atoms with E-state index in [1.807, 2.05) is 25.1 Å². The smallest absolute Gasteiger partial charge is 0.220 e. The summed E-state index contributed by atoms with van der Waals surface area (Å²) in [7, 11) is 3.78. The van der Waals surface area contributed by atoms with Crippen molar-refractivity contribution < 1.29 is 13.6 Å². The van der Waals surface area contributed by atoms with Gasteiger partial charge in [0.1, 0.15) is 11.6 Å². The van der Waals surface area contributed by atoms with Gasteiger partial charge in [0.05, 0.1) is 6.04 Å². The van der Waals surface area contributed by atoms with Gasteiger partial charge in [0.15, 0.2) is 0 Å². The summed E-state index contributed by atoms with van der Waals surface area (Å²) >= 11 is 0. The lowest BCUT2D eigenvalue weighted by atomic mass is 10.1. The first-order valence-electron chi connectivity index (χ1n) is 7.89. The molecule has 0 saturated carbocycles. The summed E-state index contributed by atoms with van der Waals surface area (Å²) in [5, 5.41) is 2.89. The van der Waals surface area contributed by atoms with Gasteiger partial charge in [-0.1, -0.05) is 24.3 Å². The average molecular weight is 332 g/mol. The minimum atomic E-state index is -0.290. The van der Waals surface area contributed by atoms with Gasteiger partial charge >= 0.3 is 0 Å². The summed E-state index contributed by atoms with van der Waals surface area (Å²) in [6, 6.07) is 12.4. The van der Waals surface area contributed by atoms with Gasteiger partial charge in [-0.05, 0) is 55.9 Å². The minimum Gasteiger partial charge on any atom is -0.354 e. The summed E-state index contributed by atoms with van der Waals surface area (Å²) in [6.45, 7) is 0.401. The maximum atomic E-state index is 13.4. The van der Waals surface area contributed by atoms with Crippen LogP contribution in [0, 0.1) is 11.6 Å². The van der Waals surface area contributed by atoms with Crippen molar-refractivity contribution in [3.8, 4) is 0 Å². The molecule has 5 heteroatoms. The highest BCUT2D eigenvalue weighted by Crippen LogP contribution is 2.18. The first-order chi connectivity index (χ1) is 11.5. The minimum absolute atomic E-state index is 0.0809. The normalized spacial score (nSPS) is 12.2. The molecule has 0 saturated heterocycles. The van der Waals surface area contributed by atoms with Gasteiger partial charge in [0.25, 0.3) is 0 Å². The van der Waals surface area contributed by atoms with Crippen LogP contribution in [0.3, 0.4) is 0 Å². The Bertz CT molecular complexity index is 671. The molecule has 128 valence electrons. The number of hydrogen-bond acceptors (Lipinski definition) is 2. The van der Waals surface area contributed by atoms with E-state index >= 15 is 0 Å². The van der Waals surface area contributed by atoms with Crippen LogP contribution in [0.4, 0.5) is 8.78 Å². The van der Waals surface area contributed by atoms with E-state index < -0.39 is 0 Å². The third kappa shape index (κ3) is 5.42. The van der Waals surface area contributed by atoms with Crippen molar-refractivity contribution in [2.24, 2.45) is 0 Å². The van der Waals surface area contributed by atoms with Gasteiger partial charge in [-0.25, -0.2) is 8.78 Å². The molecule has 2 aromatic carbocycles. The second kappa shape index (κ2) is 8.55. The van der Waals surface area contributed by atoms with E-state index in [2.05, 4.69) is 5.32 Å². The van der Waals surface area contributed by atoms with Gasteiger partial charge in [-0.15, -0.1) is 0 Å². The number of nitrogens with one attached hydrogen (secondary N) is 1. The predicted octanol–water partition coefficient (Wildman–Crippen LogP) is 3.32. The zero-order valence-corrected chi connectivity index (χ0v) is 13.9. The Morgan fingerprint density at radius 3 is 2.42 bits per heavy atom.